The van der Waals surface area contributed by atoms with Gasteiger partial charge < -0.3 is 0 Å². The number of hydrogen-bond donors (Lipinski definition) is 0. The fourth-order valence-electron chi connectivity index (χ4n) is 2.15. The van der Waals surface area contributed by atoms with Gasteiger partial charge in [0.25, 0.3) is 0 Å². The molecule has 0 aliphatic carbocycles. The molecule has 118 valence electrons. The van der Waals surface area contributed by atoms with Gasteiger partial charge >= 0.3 is 142 Å². The SMILES string of the molecule is Cc1ccc(S(=O)(=O)c2cnn(C)c2[Se]c2ccccc2)cc1. The molecule has 0 N–H and O–H groups in total. The van der Waals surface area contributed by atoms with Crippen molar-refractivity contribution in [1.82, 2.24) is 9.78 Å². The van der Waals surface area contributed by atoms with Gasteiger partial charge in [-0.15, -0.1) is 0 Å². The maximum atomic E-state index is 12.9. The minimum absolute atomic E-state index is 0.125. The molecule has 6 heteroatoms. The van der Waals surface area contributed by atoms with Gasteiger partial charge in [-0.1, -0.05) is 0 Å². The van der Waals surface area contributed by atoms with Gasteiger partial charge in [-0.3, -0.25) is 0 Å². The summed E-state index contributed by atoms with van der Waals surface area (Å²) in [5, 5.41) is 4.18. The van der Waals surface area contributed by atoms with Crippen LogP contribution in [-0.2, 0) is 16.9 Å². The van der Waals surface area contributed by atoms with E-state index in [2.05, 4.69) is 5.10 Å². The second-order valence-corrected chi connectivity index (χ2v) is 9.32. The van der Waals surface area contributed by atoms with Gasteiger partial charge in [0.15, 0.2) is 0 Å². The van der Waals surface area contributed by atoms with Crippen LogP contribution in [0.15, 0.2) is 70.6 Å². The first-order chi connectivity index (χ1) is 11.0. The summed E-state index contributed by atoms with van der Waals surface area (Å²) in [5.41, 5.74) is 1.03. The van der Waals surface area contributed by atoms with Crippen LogP contribution in [0.2, 0.25) is 0 Å². The van der Waals surface area contributed by atoms with Gasteiger partial charge in [0.1, 0.15) is 0 Å². The zero-order valence-corrected chi connectivity index (χ0v) is 15.3. The van der Waals surface area contributed by atoms with Crippen molar-refractivity contribution in [3.8, 4) is 0 Å². The third kappa shape index (κ3) is 3.24. The molecule has 0 amide bonds. The molecule has 2 aromatic carbocycles. The Morgan fingerprint density at radius 3 is 2.30 bits per heavy atom. The van der Waals surface area contributed by atoms with E-state index < -0.39 is 9.84 Å². The molecule has 0 atom stereocenters. The molecule has 0 fully saturated rings. The first-order valence-electron chi connectivity index (χ1n) is 7.05. The average molecular weight is 391 g/mol. The molecule has 1 aromatic heterocycles. The van der Waals surface area contributed by atoms with Crippen molar-refractivity contribution < 1.29 is 8.42 Å². The summed E-state index contributed by atoms with van der Waals surface area (Å²) in [7, 11) is -1.77. The van der Waals surface area contributed by atoms with Crippen molar-refractivity contribution in [2.24, 2.45) is 7.05 Å². The Balaban J connectivity index is 2.05. The molecule has 0 saturated heterocycles. The van der Waals surface area contributed by atoms with Crippen LogP contribution in [0.1, 0.15) is 5.56 Å². The van der Waals surface area contributed by atoms with E-state index in [1.165, 1.54) is 6.20 Å². The number of nitrogens with zero attached hydrogens (tertiary/aromatic N) is 2. The summed E-state index contributed by atoms with van der Waals surface area (Å²) in [6, 6.07) is 16.8. The first kappa shape index (κ1) is 16.0. The summed E-state index contributed by atoms with van der Waals surface area (Å²) < 4.78 is 29.4. The van der Waals surface area contributed by atoms with Gasteiger partial charge in [0.05, 0.1) is 0 Å². The standard InChI is InChI=1S/C17H16N2O2SSe/c1-13-8-10-14(11-9-13)22(20,21)16-12-18-19(2)17(16)23-15-6-4-3-5-7-15/h3-12H,1-2H3. The quantitative estimate of drug-likeness (QED) is 0.629. The van der Waals surface area contributed by atoms with Crippen LogP contribution >= 0.6 is 0 Å². The summed E-state index contributed by atoms with van der Waals surface area (Å²) in [5.74, 6) is 0. The van der Waals surface area contributed by atoms with Crippen molar-refractivity contribution in [3.05, 3.63) is 66.4 Å². The van der Waals surface area contributed by atoms with E-state index in [0.29, 0.717) is 9.79 Å². The number of sulfone groups is 1. The molecule has 0 saturated carbocycles. The van der Waals surface area contributed by atoms with Crippen LogP contribution in [0.25, 0.3) is 0 Å². The Labute approximate surface area is 142 Å². The topological polar surface area (TPSA) is 52.0 Å². The van der Waals surface area contributed by atoms with E-state index in [9.17, 15) is 8.42 Å². The zero-order valence-electron chi connectivity index (χ0n) is 12.8. The van der Waals surface area contributed by atoms with Gasteiger partial charge in [-0.2, -0.15) is 0 Å². The zero-order chi connectivity index (χ0) is 16.4. The van der Waals surface area contributed by atoms with E-state index in [0.717, 1.165) is 14.6 Å². The molecule has 0 aliphatic heterocycles. The van der Waals surface area contributed by atoms with E-state index in [-0.39, 0.29) is 15.0 Å². The van der Waals surface area contributed by atoms with Crippen LogP contribution < -0.4 is 9.05 Å². The molecule has 4 nitrogen and oxygen atoms in total. The predicted molar refractivity (Wildman–Crippen MR) is 91.3 cm³/mol. The molecule has 1 heterocycles. The normalized spacial score (nSPS) is 11.6. The fourth-order valence-corrected chi connectivity index (χ4v) is 6.14. The number of hydrogen-bond acceptors (Lipinski definition) is 3. The van der Waals surface area contributed by atoms with Crippen molar-refractivity contribution in [2.75, 3.05) is 0 Å². The van der Waals surface area contributed by atoms with Gasteiger partial charge in [-0.25, -0.2) is 0 Å². The third-order valence-electron chi connectivity index (χ3n) is 3.43. The van der Waals surface area contributed by atoms with Crippen LogP contribution in [0, 0.1) is 6.92 Å². The third-order valence-corrected chi connectivity index (χ3v) is 7.98. The van der Waals surface area contributed by atoms with Gasteiger partial charge in [0, 0.05) is 0 Å². The monoisotopic (exact) mass is 392 g/mol. The summed E-state index contributed by atoms with van der Waals surface area (Å²) in [6.07, 6.45) is 1.45. The van der Waals surface area contributed by atoms with Crippen molar-refractivity contribution in [2.45, 2.75) is 16.7 Å². The van der Waals surface area contributed by atoms with Crippen LogP contribution in [0.5, 0.6) is 0 Å². The van der Waals surface area contributed by atoms with Gasteiger partial charge in [0.2, 0.25) is 0 Å². The first-order valence-corrected chi connectivity index (χ1v) is 10.2. The van der Waals surface area contributed by atoms with E-state index in [4.69, 9.17) is 0 Å². The molecule has 3 aromatic rings. The Hall–Kier alpha value is -1.88. The van der Waals surface area contributed by atoms with Crippen LogP contribution in [0.3, 0.4) is 0 Å². The van der Waals surface area contributed by atoms with Gasteiger partial charge in [-0.05, 0) is 0 Å². The molecule has 0 spiro atoms. The second-order valence-electron chi connectivity index (χ2n) is 5.17. The molecule has 0 unspecified atom stereocenters. The van der Waals surface area contributed by atoms with E-state index in [1.807, 2.05) is 49.4 Å². The van der Waals surface area contributed by atoms with Crippen LogP contribution in [-0.4, -0.2) is 33.2 Å². The summed E-state index contributed by atoms with van der Waals surface area (Å²) >= 11 is -0.125. The molecule has 3 rings (SSSR count). The molecule has 0 radical (unpaired) electrons. The number of aryl methyl sites for hydroxylation is 2. The van der Waals surface area contributed by atoms with Crippen molar-refractivity contribution in [1.29, 1.82) is 0 Å². The summed E-state index contributed by atoms with van der Waals surface area (Å²) in [4.78, 5) is 0.605. The van der Waals surface area contributed by atoms with Crippen molar-refractivity contribution in [3.63, 3.8) is 0 Å². The minimum atomic E-state index is -3.55. The number of aromatic nitrogens is 2. The molecule has 23 heavy (non-hydrogen) atoms. The Kier molecular flexibility index (Phi) is 4.39. The van der Waals surface area contributed by atoms with Crippen LogP contribution in [0.4, 0.5) is 0 Å². The predicted octanol–water partition coefficient (Wildman–Crippen LogP) is 1.22. The van der Waals surface area contributed by atoms with E-state index >= 15 is 0 Å². The van der Waals surface area contributed by atoms with E-state index in [1.54, 1.807) is 23.9 Å². The summed E-state index contributed by atoms with van der Waals surface area (Å²) in [6.45, 7) is 1.93. The Morgan fingerprint density at radius 1 is 1.00 bits per heavy atom. The second kappa shape index (κ2) is 6.32. The average Bonchev–Trinajstić information content (AvgIpc) is 2.90. The number of benzene rings is 2. The fraction of sp³-hybridized carbons (Fsp3) is 0.118. The Morgan fingerprint density at radius 2 is 1.65 bits per heavy atom. The maximum absolute atomic E-state index is 12.9. The molecular formula is C17H16N2O2SSe. The molecular weight excluding hydrogens is 375 g/mol. The molecule has 0 bridgehead atoms. The molecule has 0 aliphatic rings. The van der Waals surface area contributed by atoms with Crippen molar-refractivity contribution >= 4 is 33.8 Å². The number of rotatable bonds is 4. The Bertz CT molecular complexity index is 917.